The number of ether oxygens (including phenoxy) is 2. The quantitative estimate of drug-likeness (QED) is 0.599. The second-order valence-corrected chi connectivity index (χ2v) is 9.82. The van der Waals surface area contributed by atoms with Crippen LogP contribution < -0.4 is 20.7 Å². The molecule has 0 aliphatic carbocycles. The molecule has 10 heteroatoms. The van der Waals surface area contributed by atoms with Gasteiger partial charge in [-0.25, -0.2) is 9.59 Å². The van der Waals surface area contributed by atoms with E-state index < -0.39 is 0 Å². The van der Waals surface area contributed by atoms with E-state index in [1.807, 2.05) is 41.5 Å². The number of amides is 5. The van der Waals surface area contributed by atoms with Gasteiger partial charge in [-0.2, -0.15) is 0 Å². The van der Waals surface area contributed by atoms with Crippen molar-refractivity contribution in [1.82, 2.24) is 20.4 Å². The van der Waals surface area contributed by atoms with Crippen molar-refractivity contribution in [3.05, 3.63) is 23.8 Å². The van der Waals surface area contributed by atoms with Crippen LogP contribution in [0.4, 0.5) is 15.3 Å². The van der Waals surface area contributed by atoms with Gasteiger partial charge in [-0.05, 0) is 52.8 Å². The van der Waals surface area contributed by atoms with Crippen LogP contribution >= 0.6 is 0 Å². The molecule has 0 fully saturated rings. The Morgan fingerprint density at radius 3 is 2.34 bits per heavy atom. The minimum Gasteiger partial charge on any atom is -0.491 e. The molecule has 0 saturated carbocycles. The van der Waals surface area contributed by atoms with Crippen LogP contribution in [0.5, 0.6) is 5.75 Å². The van der Waals surface area contributed by atoms with Gasteiger partial charge >= 0.3 is 12.1 Å². The fourth-order valence-electron chi connectivity index (χ4n) is 3.90. The normalized spacial score (nSPS) is 21.5. The topological polar surface area (TPSA) is 112 Å². The molecule has 0 radical (unpaired) electrons. The molecule has 0 saturated heterocycles. The van der Waals surface area contributed by atoms with Crippen LogP contribution in [0.25, 0.3) is 0 Å². The standard InChI is InChI=1S/C25H41N5O5/c1-15(2)26-24(32)28-19-9-10-21-20(11-19)23(31)29(7)13-22(34-8)17(5)12-30(18(6)14-35-21)25(33)27-16(3)4/h9-11,15-18,22H,12-14H2,1-8H3,(H,27,33)(H2,26,28,32)/t17-,18-,22-/m1/s1. The summed E-state index contributed by atoms with van der Waals surface area (Å²) in [6, 6.07) is 4.14. The summed E-state index contributed by atoms with van der Waals surface area (Å²) < 4.78 is 11.8. The summed E-state index contributed by atoms with van der Waals surface area (Å²) in [6.45, 7) is 12.5. The Bertz CT molecular complexity index is 891. The van der Waals surface area contributed by atoms with Crippen molar-refractivity contribution in [2.24, 2.45) is 5.92 Å². The third kappa shape index (κ3) is 8.02. The molecule has 2 rings (SSSR count). The molecule has 35 heavy (non-hydrogen) atoms. The number of methoxy groups -OCH3 is 1. The summed E-state index contributed by atoms with van der Waals surface area (Å²) in [5.74, 6) is 0.0994. The number of nitrogens with one attached hydrogen (secondary N) is 3. The number of hydrogen-bond donors (Lipinski definition) is 3. The number of nitrogens with zero attached hydrogens (tertiary/aromatic N) is 2. The largest absolute Gasteiger partial charge is 0.491 e. The van der Waals surface area contributed by atoms with Gasteiger partial charge in [0.15, 0.2) is 0 Å². The maximum atomic E-state index is 13.4. The van der Waals surface area contributed by atoms with Gasteiger partial charge in [-0.15, -0.1) is 0 Å². The van der Waals surface area contributed by atoms with Gasteiger partial charge < -0.3 is 35.2 Å². The van der Waals surface area contributed by atoms with Crippen molar-refractivity contribution in [1.29, 1.82) is 0 Å². The first-order chi connectivity index (χ1) is 16.4. The molecule has 1 aliphatic rings. The molecule has 0 bridgehead atoms. The van der Waals surface area contributed by atoms with Crippen molar-refractivity contribution < 1.29 is 23.9 Å². The first kappa shape index (κ1) is 28.2. The predicted octanol–water partition coefficient (Wildman–Crippen LogP) is 3.14. The lowest BCUT2D eigenvalue weighted by atomic mass is 10.0. The van der Waals surface area contributed by atoms with Crippen LogP contribution in [0.2, 0.25) is 0 Å². The van der Waals surface area contributed by atoms with Gasteiger partial charge in [-0.3, -0.25) is 4.79 Å². The average Bonchev–Trinajstić information content (AvgIpc) is 2.77. The minimum absolute atomic E-state index is 0.00571. The molecule has 1 aliphatic heterocycles. The SMILES string of the molecule is CO[C@@H]1CN(C)C(=O)c2cc(NC(=O)NC(C)C)ccc2OC[C@@H](C)N(C(=O)NC(C)C)C[C@H]1C. The highest BCUT2D eigenvalue weighted by molar-refractivity contribution is 5.99. The van der Waals surface area contributed by atoms with Gasteiger partial charge in [0, 0.05) is 50.9 Å². The van der Waals surface area contributed by atoms with Gasteiger partial charge in [-0.1, -0.05) is 6.92 Å². The van der Waals surface area contributed by atoms with E-state index in [-0.39, 0.29) is 54.7 Å². The van der Waals surface area contributed by atoms with Crippen molar-refractivity contribution in [2.75, 3.05) is 39.2 Å². The Kier molecular flexibility index (Phi) is 10.2. The fraction of sp³-hybridized carbons (Fsp3) is 0.640. The zero-order valence-electron chi connectivity index (χ0n) is 22.2. The van der Waals surface area contributed by atoms with E-state index in [4.69, 9.17) is 9.47 Å². The van der Waals surface area contributed by atoms with Crippen LogP contribution in [0.15, 0.2) is 18.2 Å². The highest BCUT2D eigenvalue weighted by Crippen LogP contribution is 2.26. The molecule has 5 amide bonds. The number of fused-ring (bicyclic) bond motifs is 1. The molecule has 3 N–H and O–H groups in total. The van der Waals surface area contributed by atoms with Crippen LogP contribution in [0.1, 0.15) is 51.9 Å². The lowest BCUT2D eigenvalue weighted by Crippen LogP contribution is -2.52. The maximum Gasteiger partial charge on any atom is 0.319 e. The number of benzene rings is 1. The Hall–Kier alpha value is -3.01. The van der Waals surface area contributed by atoms with E-state index in [9.17, 15) is 14.4 Å². The molecule has 10 nitrogen and oxygen atoms in total. The van der Waals surface area contributed by atoms with Gasteiger partial charge in [0.05, 0.1) is 17.7 Å². The minimum atomic E-state index is -0.358. The second-order valence-electron chi connectivity index (χ2n) is 9.82. The van der Waals surface area contributed by atoms with E-state index in [0.29, 0.717) is 30.1 Å². The van der Waals surface area contributed by atoms with Crippen LogP contribution in [0.3, 0.4) is 0 Å². The highest BCUT2D eigenvalue weighted by atomic mass is 16.5. The van der Waals surface area contributed by atoms with E-state index in [2.05, 4.69) is 16.0 Å². The summed E-state index contributed by atoms with van der Waals surface area (Å²) in [5.41, 5.74) is 0.797. The second kappa shape index (κ2) is 12.6. The molecule has 1 aromatic rings. The third-order valence-electron chi connectivity index (χ3n) is 5.80. The number of carbonyl (C=O) groups is 3. The van der Waals surface area contributed by atoms with E-state index in [1.54, 1.807) is 42.2 Å². The number of likely N-dealkylation sites (N-methyl/N-ethyl adjacent to an activating group) is 1. The summed E-state index contributed by atoms with van der Waals surface area (Å²) in [5, 5.41) is 8.48. The highest BCUT2D eigenvalue weighted by Gasteiger charge is 2.30. The van der Waals surface area contributed by atoms with E-state index in [1.165, 1.54) is 0 Å². The van der Waals surface area contributed by atoms with Crippen LogP contribution in [-0.2, 0) is 4.74 Å². The van der Waals surface area contributed by atoms with Gasteiger partial charge in [0.25, 0.3) is 5.91 Å². The Balaban J connectivity index is 2.41. The van der Waals surface area contributed by atoms with Crippen molar-refractivity contribution in [3.63, 3.8) is 0 Å². The van der Waals surface area contributed by atoms with E-state index >= 15 is 0 Å². The maximum absolute atomic E-state index is 13.4. The fourth-order valence-corrected chi connectivity index (χ4v) is 3.90. The smallest absolute Gasteiger partial charge is 0.319 e. The third-order valence-corrected chi connectivity index (χ3v) is 5.80. The lowest BCUT2D eigenvalue weighted by molar-refractivity contribution is 0.0165. The Morgan fingerprint density at radius 2 is 1.74 bits per heavy atom. The van der Waals surface area contributed by atoms with Crippen molar-refractivity contribution in [3.8, 4) is 5.75 Å². The predicted molar refractivity (Wildman–Crippen MR) is 136 cm³/mol. The molecule has 0 spiro atoms. The summed E-state index contributed by atoms with van der Waals surface area (Å²) >= 11 is 0. The number of carbonyl (C=O) groups excluding carboxylic acids is 3. The first-order valence-electron chi connectivity index (χ1n) is 12.1. The van der Waals surface area contributed by atoms with E-state index in [0.717, 1.165) is 0 Å². The summed E-state index contributed by atoms with van der Waals surface area (Å²) in [6.07, 6.45) is -0.285. The molecule has 3 atom stereocenters. The van der Waals surface area contributed by atoms with Crippen LogP contribution in [0, 0.1) is 5.92 Å². The Morgan fingerprint density at radius 1 is 1.09 bits per heavy atom. The van der Waals surface area contributed by atoms with Crippen molar-refractivity contribution in [2.45, 2.75) is 65.8 Å². The molecule has 1 heterocycles. The first-order valence-corrected chi connectivity index (χ1v) is 12.1. The summed E-state index contributed by atoms with van der Waals surface area (Å²) in [4.78, 5) is 41.9. The number of hydrogen-bond acceptors (Lipinski definition) is 5. The lowest BCUT2D eigenvalue weighted by Gasteiger charge is -2.36. The zero-order chi connectivity index (χ0) is 26.3. The van der Waals surface area contributed by atoms with Gasteiger partial charge in [0.2, 0.25) is 0 Å². The van der Waals surface area contributed by atoms with Crippen molar-refractivity contribution >= 4 is 23.7 Å². The number of anilines is 1. The van der Waals surface area contributed by atoms with Crippen LogP contribution in [-0.4, -0.2) is 85.9 Å². The molecule has 196 valence electrons. The molecule has 0 aromatic heterocycles. The number of rotatable bonds is 4. The average molecular weight is 492 g/mol. The number of urea groups is 2. The monoisotopic (exact) mass is 491 g/mol. The van der Waals surface area contributed by atoms with Gasteiger partial charge in [0.1, 0.15) is 12.4 Å². The molecular formula is C25H41N5O5. The molecular weight excluding hydrogens is 450 g/mol. The summed E-state index contributed by atoms with van der Waals surface area (Å²) in [7, 11) is 3.31. The Labute approximate surface area is 208 Å². The molecule has 0 unspecified atom stereocenters. The zero-order valence-corrected chi connectivity index (χ0v) is 22.2. The molecule has 1 aromatic carbocycles.